The number of ether oxygens (including phenoxy) is 2. The molecule has 0 radical (unpaired) electrons. The first-order valence-electron chi connectivity index (χ1n) is 7.94. The van der Waals surface area contributed by atoms with Crippen molar-refractivity contribution < 1.29 is 14.3 Å². The van der Waals surface area contributed by atoms with E-state index in [4.69, 9.17) is 9.47 Å². The predicted octanol–water partition coefficient (Wildman–Crippen LogP) is 4.26. The third-order valence-corrected chi connectivity index (χ3v) is 4.55. The van der Waals surface area contributed by atoms with Crippen LogP contribution in [-0.4, -0.2) is 19.0 Å². The molecule has 1 saturated carbocycles. The van der Waals surface area contributed by atoms with Crippen molar-refractivity contribution in [2.45, 2.75) is 25.4 Å². The lowest BCUT2D eigenvalue weighted by Gasteiger charge is -2.30. The maximum atomic E-state index is 12.1. The Morgan fingerprint density at radius 1 is 1.09 bits per heavy atom. The molecule has 1 unspecified atom stereocenters. The fourth-order valence-corrected chi connectivity index (χ4v) is 3.28. The zero-order valence-corrected chi connectivity index (χ0v) is 13.0. The second-order valence-electron chi connectivity index (χ2n) is 6.00. The van der Waals surface area contributed by atoms with Gasteiger partial charge in [-0.15, -0.1) is 0 Å². The Morgan fingerprint density at radius 2 is 1.87 bits per heavy atom. The van der Waals surface area contributed by atoms with Gasteiger partial charge in [-0.3, -0.25) is 4.79 Å². The first-order chi connectivity index (χ1) is 11.2. The van der Waals surface area contributed by atoms with Gasteiger partial charge in [0, 0.05) is 17.6 Å². The van der Waals surface area contributed by atoms with E-state index in [9.17, 15) is 4.79 Å². The van der Waals surface area contributed by atoms with Gasteiger partial charge in [0.15, 0.2) is 5.78 Å². The molecule has 3 nitrogen and oxygen atoms in total. The average Bonchev–Trinajstić information content (AvgIpc) is 2.60. The Bertz CT molecular complexity index is 787. The lowest BCUT2D eigenvalue weighted by Crippen LogP contribution is -2.31. The molecule has 1 heterocycles. The van der Waals surface area contributed by atoms with E-state index in [-0.39, 0.29) is 11.9 Å². The van der Waals surface area contributed by atoms with Crippen molar-refractivity contribution in [3.8, 4) is 22.6 Å². The van der Waals surface area contributed by atoms with E-state index < -0.39 is 0 Å². The minimum Gasteiger partial charge on any atom is -0.497 e. The van der Waals surface area contributed by atoms with E-state index in [2.05, 4.69) is 12.1 Å². The number of fused-ring (bicyclic) bond motifs is 2. The van der Waals surface area contributed by atoms with E-state index in [1.165, 1.54) is 0 Å². The van der Waals surface area contributed by atoms with Gasteiger partial charge in [-0.2, -0.15) is 0 Å². The van der Waals surface area contributed by atoms with Crippen molar-refractivity contribution in [1.82, 2.24) is 0 Å². The molecule has 23 heavy (non-hydrogen) atoms. The molecule has 4 rings (SSSR count). The number of ketones is 1. The molecule has 116 valence electrons. The molecule has 0 aromatic heterocycles. The Hall–Kier alpha value is -2.55. The highest BCUT2D eigenvalue weighted by atomic mass is 16.5. The molecule has 1 aliphatic heterocycles. The molecular formula is C20H18O3. The van der Waals surface area contributed by atoms with E-state index in [0.717, 1.165) is 46.6 Å². The smallest absolute Gasteiger partial charge is 0.162 e. The van der Waals surface area contributed by atoms with Gasteiger partial charge in [-0.1, -0.05) is 18.2 Å². The maximum absolute atomic E-state index is 12.1. The first-order valence-corrected chi connectivity index (χ1v) is 7.94. The molecule has 0 amide bonds. The molecule has 1 fully saturated rings. The number of benzene rings is 2. The molecule has 0 spiro atoms. The van der Waals surface area contributed by atoms with Crippen LogP contribution in [0, 0.1) is 0 Å². The van der Waals surface area contributed by atoms with Gasteiger partial charge in [0.05, 0.1) is 7.11 Å². The number of methoxy groups -OCH3 is 1. The molecule has 1 atom stereocenters. The second-order valence-corrected chi connectivity index (χ2v) is 6.00. The normalized spacial score (nSPS) is 19.3. The molecule has 0 saturated heterocycles. The topological polar surface area (TPSA) is 35.5 Å². The van der Waals surface area contributed by atoms with E-state index in [1.54, 1.807) is 7.11 Å². The molecular weight excluding hydrogens is 288 g/mol. The summed E-state index contributed by atoms with van der Waals surface area (Å²) in [5, 5.41) is 0. The van der Waals surface area contributed by atoms with Crippen molar-refractivity contribution in [3.63, 3.8) is 0 Å². The predicted molar refractivity (Wildman–Crippen MR) is 89.7 cm³/mol. The standard InChI is InChI=1S/C20H18O3/c1-22-16-8-5-13(6-9-16)14-7-10-19-15(11-14)12-17-18(21)3-2-4-20(17)23-19/h5-12,20H,2-4H2,1H3. The summed E-state index contributed by atoms with van der Waals surface area (Å²) < 4.78 is 11.2. The van der Waals surface area contributed by atoms with Gasteiger partial charge < -0.3 is 9.47 Å². The largest absolute Gasteiger partial charge is 0.497 e. The Balaban J connectivity index is 1.72. The van der Waals surface area contributed by atoms with Gasteiger partial charge in [0.25, 0.3) is 0 Å². The second kappa shape index (κ2) is 5.58. The third kappa shape index (κ3) is 2.52. The quantitative estimate of drug-likeness (QED) is 0.831. The Labute approximate surface area is 135 Å². The van der Waals surface area contributed by atoms with E-state index >= 15 is 0 Å². The zero-order chi connectivity index (χ0) is 15.8. The van der Waals surface area contributed by atoms with Crippen LogP contribution in [0.2, 0.25) is 0 Å². The molecule has 1 aliphatic carbocycles. The molecule has 2 aliphatic rings. The van der Waals surface area contributed by atoms with Crippen LogP contribution in [0.5, 0.6) is 11.5 Å². The first kappa shape index (κ1) is 14.1. The number of carbonyl (C=O) groups is 1. The van der Waals surface area contributed by atoms with E-state index in [1.807, 2.05) is 36.4 Å². The molecule has 0 bridgehead atoms. The number of rotatable bonds is 2. The van der Waals surface area contributed by atoms with Crippen molar-refractivity contribution >= 4 is 11.9 Å². The van der Waals surface area contributed by atoms with Gasteiger partial charge >= 0.3 is 0 Å². The fourth-order valence-electron chi connectivity index (χ4n) is 3.28. The van der Waals surface area contributed by atoms with Crippen molar-refractivity contribution in [3.05, 3.63) is 53.6 Å². The highest BCUT2D eigenvalue weighted by Crippen LogP contribution is 2.37. The van der Waals surface area contributed by atoms with Crippen LogP contribution in [0.3, 0.4) is 0 Å². The molecule has 0 N–H and O–H groups in total. The molecule has 2 aromatic carbocycles. The number of Topliss-reactive ketones (excluding diaryl/α,β-unsaturated/α-hetero) is 1. The van der Waals surface area contributed by atoms with Gasteiger partial charge in [-0.25, -0.2) is 0 Å². The molecule has 3 heteroatoms. The fraction of sp³-hybridized carbons (Fsp3) is 0.250. The van der Waals surface area contributed by atoms with Crippen LogP contribution in [0.4, 0.5) is 0 Å². The summed E-state index contributed by atoms with van der Waals surface area (Å²) in [5.41, 5.74) is 4.04. The SMILES string of the molecule is COc1ccc(-c2ccc3c(c2)C=C2C(=O)CCCC2O3)cc1. The minimum absolute atomic E-state index is 0.0596. The summed E-state index contributed by atoms with van der Waals surface area (Å²) in [4.78, 5) is 12.1. The van der Waals surface area contributed by atoms with Crippen LogP contribution < -0.4 is 9.47 Å². The lowest BCUT2D eigenvalue weighted by molar-refractivity contribution is -0.117. The summed E-state index contributed by atoms with van der Waals surface area (Å²) in [7, 11) is 1.66. The van der Waals surface area contributed by atoms with Crippen LogP contribution in [0.15, 0.2) is 48.0 Å². The highest BCUT2D eigenvalue weighted by molar-refractivity contribution is 6.02. The summed E-state index contributed by atoms with van der Waals surface area (Å²) in [5.74, 6) is 1.93. The lowest BCUT2D eigenvalue weighted by atomic mass is 9.87. The van der Waals surface area contributed by atoms with Crippen LogP contribution in [0.1, 0.15) is 24.8 Å². The minimum atomic E-state index is -0.0596. The summed E-state index contributed by atoms with van der Waals surface area (Å²) in [6, 6.07) is 14.1. The van der Waals surface area contributed by atoms with Gasteiger partial charge in [0.1, 0.15) is 17.6 Å². The average molecular weight is 306 g/mol. The van der Waals surface area contributed by atoms with E-state index in [0.29, 0.717) is 6.42 Å². The van der Waals surface area contributed by atoms with Crippen molar-refractivity contribution in [2.24, 2.45) is 0 Å². The number of hydrogen-bond acceptors (Lipinski definition) is 3. The van der Waals surface area contributed by atoms with Crippen molar-refractivity contribution in [1.29, 1.82) is 0 Å². The number of carbonyl (C=O) groups excluding carboxylic acids is 1. The highest BCUT2D eigenvalue weighted by Gasteiger charge is 2.30. The Morgan fingerprint density at radius 3 is 2.65 bits per heavy atom. The summed E-state index contributed by atoms with van der Waals surface area (Å²) in [6.45, 7) is 0. The van der Waals surface area contributed by atoms with Crippen LogP contribution in [-0.2, 0) is 4.79 Å². The maximum Gasteiger partial charge on any atom is 0.162 e. The van der Waals surface area contributed by atoms with Crippen LogP contribution >= 0.6 is 0 Å². The Kier molecular flexibility index (Phi) is 3.41. The summed E-state index contributed by atoms with van der Waals surface area (Å²) >= 11 is 0. The summed E-state index contributed by atoms with van der Waals surface area (Å²) in [6.07, 6.45) is 4.43. The number of hydrogen-bond donors (Lipinski definition) is 0. The molecule has 2 aromatic rings. The van der Waals surface area contributed by atoms with Crippen LogP contribution in [0.25, 0.3) is 17.2 Å². The van der Waals surface area contributed by atoms with Gasteiger partial charge in [-0.05, 0) is 54.3 Å². The van der Waals surface area contributed by atoms with Gasteiger partial charge in [0.2, 0.25) is 0 Å². The monoisotopic (exact) mass is 306 g/mol. The zero-order valence-electron chi connectivity index (χ0n) is 13.0. The third-order valence-electron chi connectivity index (χ3n) is 4.55. The van der Waals surface area contributed by atoms with Crippen molar-refractivity contribution in [2.75, 3.05) is 7.11 Å².